The van der Waals surface area contributed by atoms with Crippen LogP contribution in [0.25, 0.3) is 11.1 Å². The van der Waals surface area contributed by atoms with Gasteiger partial charge in [0.25, 0.3) is 0 Å². The molecule has 0 aromatic heterocycles. The molecule has 0 radical (unpaired) electrons. The molecule has 0 N–H and O–H groups in total. The summed E-state index contributed by atoms with van der Waals surface area (Å²) >= 11 is 0. The number of unbranched alkanes of at least 4 members (excludes halogenated alkanes) is 7. The van der Waals surface area contributed by atoms with Gasteiger partial charge in [-0.3, -0.25) is 0 Å². The average Bonchev–Trinajstić information content (AvgIpc) is 2.96. The molecule has 204 valence electrons. The first-order valence-corrected chi connectivity index (χ1v) is 14.7. The molecule has 0 bridgehead atoms. The smallest absolute Gasteiger partial charge is 0.343 e. The summed E-state index contributed by atoms with van der Waals surface area (Å²) < 4.78 is 11.4. The van der Waals surface area contributed by atoms with E-state index in [1.807, 2.05) is 36.4 Å². The third-order valence-corrected chi connectivity index (χ3v) is 7.33. The van der Waals surface area contributed by atoms with Crippen LogP contribution in [-0.4, -0.2) is 12.6 Å². The summed E-state index contributed by atoms with van der Waals surface area (Å²) in [6, 6.07) is 23.7. The number of benzene rings is 3. The van der Waals surface area contributed by atoms with Gasteiger partial charge in [0.2, 0.25) is 0 Å². The lowest BCUT2D eigenvalue weighted by Gasteiger charge is -2.09. The molecule has 0 aliphatic rings. The van der Waals surface area contributed by atoms with Gasteiger partial charge in [0.1, 0.15) is 11.5 Å². The van der Waals surface area contributed by atoms with Gasteiger partial charge >= 0.3 is 5.97 Å². The van der Waals surface area contributed by atoms with Crippen LogP contribution < -0.4 is 9.47 Å². The van der Waals surface area contributed by atoms with Gasteiger partial charge in [-0.2, -0.15) is 0 Å². The zero-order chi connectivity index (χ0) is 27.0. The summed E-state index contributed by atoms with van der Waals surface area (Å²) in [5.41, 5.74) is 4.15. The van der Waals surface area contributed by atoms with E-state index in [2.05, 4.69) is 45.0 Å². The zero-order valence-corrected chi connectivity index (χ0v) is 23.7. The number of ether oxygens (including phenoxy) is 2. The first kappa shape index (κ1) is 29.5. The number of carbonyl (C=O) groups is 1. The molecule has 0 heterocycles. The summed E-state index contributed by atoms with van der Waals surface area (Å²) in [5.74, 6) is 1.73. The summed E-state index contributed by atoms with van der Waals surface area (Å²) in [7, 11) is 0. The molecule has 0 aliphatic carbocycles. The Kier molecular flexibility index (Phi) is 13.0. The molecule has 38 heavy (non-hydrogen) atoms. The Hall–Kier alpha value is -3.07. The fourth-order valence-corrected chi connectivity index (χ4v) is 4.48. The highest BCUT2D eigenvalue weighted by Gasteiger charge is 2.10. The minimum absolute atomic E-state index is 0.357. The van der Waals surface area contributed by atoms with Crippen molar-refractivity contribution >= 4 is 5.97 Å². The molecule has 3 aromatic rings. The molecule has 3 nitrogen and oxygen atoms in total. The highest BCUT2D eigenvalue weighted by atomic mass is 16.5. The summed E-state index contributed by atoms with van der Waals surface area (Å²) in [5, 5.41) is 0. The SMILES string of the molecule is CCCCCCCCCCOc1ccc(OC(=O)c2ccc(-c3ccc(CCC(C)CC)cc3)cc2)cc1. The zero-order valence-electron chi connectivity index (χ0n) is 23.7. The second-order valence-corrected chi connectivity index (χ2v) is 10.5. The monoisotopic (exact) mass is 514 g/mol. The van der Waals surface area contributed by atoms with Crippen molar-refractivity contribution in [1.82, 2.24) is 0 Å². The topological polar surface area (TPSA) is 35.5 Å². The van der Waals surface area contributed by atoms with Crippen molar-refractivity contribution in [3.63, 3.8) is 0 Å². The summed E-state index contributed by atoms with van der Waals surface area (Å²) in [6.07, 6.45) is 13.8. The number of rotatable bonds is 17. The molecule has 1 atom stereocenters. The van der Waals surface area contributed by atoms with Crippen LogP contribution in [0.5, 0.6) is 11.5 Å². The van der Waals surface area contributed by atoms with Crippen LogP contribution >= 0.6 is 0 Å². The van der Waals surface area contributed by atoms with Crippen molar-refractivity contribution < 1.29 is 14.3 Å². The van der Waals surface area contributed by atoms with E-state index in [9.17, 15) is 4.79 Å². The lowest BCUT2D eigenvalue weighted by atomic mass is 9.97. The molecule has 0 saturated heterocycles. The molecule has 3 rings (SSSR count). The van der Waals surface area contributed by atoms with Crippen LogP contribution in [0.4, 0.5) is 0 Å². The van der Waals surface area contributed by atoms with Crippen molar-refractivity contribution in [1.29, 1.82) is 0 Å². The largest absolute Gasteiger partial charge is 0.494 e. The Morgan fingerprint density at radius 1 is 0.684 bits per heavy atom. The molecule has 0 saturated carbocycles. The van der Waals surface area contributed by atoms with E-state index >= 15 is 0 Å². The van der Waals surface area contributed by atoms with Gasteiger partial charge in [0, 0.05) is 0 Å². The van der Waals surface area contributed by atoms with Crippen LogP contribution in [0.15, 0.2) is 72.8 Å². The predicted molar refractivity (Wildman–Crippen MR) is 159 cm³/mol. The van der Waals surface area contributed by atoms with Gasteiger partial charge < -0.3 is 9.47 Å². The van der Waals surface area contributed by atoms with E-state index in [0.717, 1.165) is 42.2 Å². The van der Waals surface area contributed by atoms with E-state index in [1.54, 1.807) is 12.1 Å². The van der Waals surface area contributed by atoms with E-state index in [-0.39, 0.29) is 5.97 Å². The fraction of sp³-hybridized carbons (Fsp3) is 0.457. The molecule has 0 aliphatic heterocycles. The second-order valence-electron chi connectivity index (χ2n) is 10.5. The maximum absolute atomic E-state index is 12.6. The Labute approximate surface area is 230 Å². The van der Waals surface area contributed by atoms with Gasteiger partial charge in [-0.05, 0) is 78.3 Å². The number of esters is 1. The number of hydrogen-bond acceptors (Lipinski definition) is 3. The van der Waals surface area contributed by atoms with Gasteiger partial charge in [0.05, 0.1) is 12.2 Å². The number of aryl methyl sites for hydroxylation is 1. The Bertz CT molecular complexity index is 1050. The second kappa shape index (κ2) is 16.7. The Morgan fingerprint density at radius 3 is 1.84 bits per heavy atom. The molecule has 3 heteroatoms. The van der Waals surface area contributed by atoms with E-state index in [4.69, 9.17) is 9.47 Å². The maximum Gasteiger partial charge on any atom is 0.343 e. The highest BCUT2D eigenvalue weighted by Crippen LogP contribution is 2.23. The number of carbonyl (C=O) groups excluding carboxylic acids is 1. The lowest BCUT2D eigenvalue weighted by Crippen LogP contribution is -2.08. The highest BCUT2D eigenvalue weighted by molar-refractivity contribution is 5.91. The maximum atomic E-state index is 12.6. The van der Waals surface area contributed by atoms with E-state index in [0.29, 0.717) is 11.3 Å². The minimum Gasteiger partial charge on any atom is -0.494 e. The minimum atomic E-state index is -0.357. The van der Waals surface area contributed by atoms with Crippen LogP contribution in [0, 0.1) is 5.92 Å². The van der Waals surface area contributed by atoms with Gasteiger partial charge in [0.15, 0.2) is 0 Å². The van der Waals surface area contributed by atoms with E-state index in [1.165, 1.54) is 63.4 Å². The standard InChI is InChI=1S/C35H46O3/c1-4-6-7-8-9-10-11-12-27-37-33-23-25-34(26-24-33)38-35(36)32-21-19-31(20-22-32)30-17-15-29(16-18-30)14-13-28(3)5-2/h15-26,28H,4-14,27H2,1-3H3. The van der Waals surface area contributed by atoms with Crippen molar-refractivity contribution in [2.75, 3.05) is 6.61 Å². The van der Waals surface area contributed by atoms with Crippen molar-refractivity contribution in [2.24, 2.45) is 5.92 Å². The molecule has 1 unspecified atom stereocenters. The van der Waals surface area contributed by atoms with Crippen LogP contribution in [0.2, 0.25) is 0 Å². The fourth-order valence-electron chi connectivity index (χ4n) is 4.48. The first-order valence-electron chi connectivity index (χ1n) is 14.7. The lowest BCUT2D eigenvalue weighted by molar-refractivity contribution is 0.0734. The molecular formula is C35H46O3. The van der Waals surface area contributed by atoms with Crippen LogP contribution in [0.3, 0.4) is 0 Å². The quantitative estimate of drug-likeness (QED) is 0.102. The molecule has 0 spiro atoms. The third kappa shape index (κ3) is 10.4. The van der Waals surface area contributed by atoms with Crippen molar-refractivity contribution in [2.45, 2.75) is 91.4 Å². The van der Waals surface area contributed by atoms with Crippen molar-refractivity contribution in [3.8, 4) is 22.6 Å². The Morgan fingerprint density at radius 2 is 1.24 bits per heavy atom. The predicted octanol–water partition coefficient (Wildman–Crippen LogP) is 10.1. The normalized spacial score (nSPS) is 11.8. The molecule has 0 amide bonds. The average molecular weight is 515 g/mol. The summed E-state index contributed by atoms with van der Waals surface area (Å²) in [6.45, 7) is 7.53. The van der Waals surface area contributed by atoms with Crippen molar-refractivity contribution in [3.05, 3.63) is 83.9 Å². The van der Waals surface area contributed by atoms with Gasteiger partial charge in [-0.25, -0.2) is 4.79 Å². The molecular weight excluding hydrogens is 468 g/mol. The van der Waals surface area contributed by atoms with Gasteiger partial charge in [-0.1, -0.05) is 109 Å². The van der Waals surface area contributed by atoms with Crippen LogP contribution in [0.1, 0.15) is 101 Å². The van der Waals surface area contributed by atoms with Crippen LogP contribution in [-0.2, 0) is 6.42 Å². The van der Waals surface area contributed by atoms with E-state index < -0.39 is 0 Å². The summed E-state index contributed by atoms with van der Waals surface area (Å²) in [4.78, 5) is 12.6. The molecule has 3 aromatic carbocycles. The third-order valence-electron chi connectivity index (χ3n) is 7.33. The van der Waals surface area contributed by atoms with Gasteiger partial charge in [-0.15, -0.1) is 0 Å². The number of hydrogen-bond donors (Lipinski definition) is 0. The Balaban J connectivity index is 1.40. The molecule has 0 fully saturated rings. The first-order chi connectivity index (χ1) is 18.6.